The summed E-state index contributed by atoms with van der Waals surface area (Å²) >= 11 is 0. The lowest BCUT2D eigenvalue weighted by molar-refractivity contribution is -0.117. The van der Waals surface area contributed by atoms with Gasteiger partial charge in [-0.3, -0.25) is 4.79 Å². The van der Waals surface area contributed by atoms with Crippen LogP contribution in [0.15, 0.2) is 24.3 Å². The number of allylic oxidation sites excluding steroid dienone is 3. The lowest BCUT2D eigenvalue weighted by atomic mass is 10.0. The molecule has 0 spiro atoms. The number of aliphatic hydroxyl groups is 1. The summed E-state index contributed by atoms with van der Waals surface area (Å²) in [5, 5.41) is 11.7. The average Bonchev–Trinajstić information content (AvgIpc) is 2.17. The summed E-state index contributed by atoms with van der Waals surface area (Å²) in [4.78, 5) is 11.4. The van der Waals surface area contributed by atoms with E-state index in [1.54, 1.807) is 12.2 Å². The Labute approximate surface area is 91.9 Å². The lowest BCUT2D eigenvalue weighted by Crippen LogP contribution is -2.38. The topological polar surface area (TPSA) is 49.3 Å². The number of aliphatic hydroxyl groups excluding tert-OH is 1. The van der Waals surface area contributed by atoms with E-state index in [2.05, 4.69) is 5.32 Å². The molecule has 86 valence electrons. The number of carbonyl (C=O) groups excluding carboxylic acids is 1. The molecule has 0 radical (unpaired) electrons. The molecular weight excluding hydrogens is 190 g/mol. The molecule has 0 aliphatic rings. The van der Waals surface area contributed by atoms with E-state index in [0.717, 1.165) is 0 Å². The first-order valence-electron chi connectivity index (χ1n) is 5.32. The van der Waals surface area contributed by atoms with Crippen LogP contribution in [0.2, 0.25) is 0 Å². The van der Waals surface area contributed by atoms with E-state index in [0.29, 0.717) is 12.3 Å². The van der Waals surface area contributed by atoms with Crippen molar-refractivity contribution in [2.75, 3.05) is 6.61 Å². The predicted octanol–water partition coefficient (Wildman–Crippen LogP) is 1.64. The number of amides is 1. The van der Waals surface area contributed by atoms with E-state index in [1.165, 1.54) is 6.08 Å². The largest absolute Gasteiger partial charge is 0.396 e. The standard InChI is InChI=1S/C12H21NO2/c1-4-5-6-7-12(15)13-11(8-9-14)10(2)3/h4-7,10-11,14H,8-9H2,1-3H3,(H,13,15). The van der Waals surface area contributed by atoms with Gasteiger partial charge < -0.3 is 10.4 Å². The Balaban J connectivity index is 4.10. The molecule has 1 amide bonds. The van der Waals surface area contributed by atoms with Crippen molar-refractivity contribution in [3.63, 3.8) is 0 Å². The smallest absolute Gasteiger partial charge is 0.244 e. The summed E-state index contributed by atoms with van der Waals surface area (Å²) in [6.45, 7) is 6.04. The van der Waals surface area contributed by atoms with Crippen LogP contribution in [0.25, 0.3) is 0 Å². The maximum absolute atomic E-state index is 11.4. The van der Waals surface area contributed by atoms with Gasteiger partial charge in [0.2, 0.25) is 5.91 Å². The Morgan fingerprint density at radius 3 is 2.53 bits per heavy atom. The highest BCUT2D eigenvalue weighted by Crippen LogP contribution is 2.05. The van der Waals surface area contributed by atoms with Gasteiger partial charge in [0.05, 0.1) is 0 Å². The zero-order chi connectivity index (χ0) is 11.7. The van der Waals surface area contributed by atoms with Crippen molar-refractivity contribution in [1.82, 2.24) is 5.32 Å². The molecule has 0 heterocycles. The van der Waals surface area contributed by atoms with Crippen LogP contribution in [-0.4, -0.2) is 23.7 Å². The second-order valence-corrected chi connectivity index (χ2v) is 3.76. The van der Waals surface area contributed by atoms with E-state index in [1.807, 2.05) is 26.8 Å². The Morgan fingerprint density at radius 2 is 2.07 bits per heavy atom. The molecule has 1 atom stereocenters. The monoisotopic (exact) mass is 211 g/mol. The first-order valence-corrected chi connectivity index (χ1v) is 5.32. The minimum absolute atomic E-state index is 0.0396. The van der Waals surface area contributed by atoms with E-state index in [4.69, 9.17) is 5.11 Å². The van der Waals surface area contributed by atoms with E-state index >= 15 is 0 Å². The van der Waals surface area contributed by atoms with Gasteiger partial charge in [-0.15, -0.1) is 0 Å². The van der Waals surface area contributed by atoms with Crippen LogP contribution in [0.5, 0.6) is 0 Å². The Hall–Kier alpha value is -1.09. The Bertz CT molecular complexity index is 232. The van der Waals surface area contributed by atoms with E-state index < -0.39 is 0 Å². The third kappa shape index (κ3) is 6.91. The summed E-state index contributed by atoms with van der Waals surface area (Å²) in [5.41, 5.74) is 0. The third-order valence-electron chi connectivity index (χ3n) is 2.12. The molecule has 1 unspecified atom stereocenters. The molecule has 0 aromatic rings. The number of hydrogen-bond donors (Lipinski definition) is 2. The number of hydrogen-bond acceptors (Lipinski definition) is 2. The fraction of sp³-hybridized carbons (Fsp3) is 0.583. The molecular formula is C12H21NO2. The van der Waals surface area contributed by atoms with Gasteiger partial charge in [0.1, 0.15) is 0 Å². The van der Waals surface area contributed by atoms with Crippen molar-refractivity contribution in [2.24, 2.45) is 5.92 Å². The number of rotatable bonds is 6. The first kappa shape index (κ1) is 13.9. The summed E-state index contributed by atoms with van der Waals surface area (Å²) in [5.74, 6) is 0.219. The van der Waals surface area contributed by atoms with Gasteiger partial charge in [-0.2, -0.15) is 0 Å². The fourth-order valence-electron chi connectivity index (χ4n) is 1.20. The molecule has 0 fully saturated rings. The van der Waals surface area contributed by atoms with Crippen molar-refractivity contribution < 1.29 is 9.90 Å². The zero-order valence-corrected chi connectivity index (χ0v) is 9.73. The summed E-state index contributed by atoms with van der Waals surface area (Å²) in [6, 6.07) is 0.0396. The normalized spacial score (nSPS) is 13.9. The zero-order valence-electron chi connectivity index (χ0n) is 9.73. The quantitative estimate of drug-likeness (QED) is 0.518. The first-order chi connectivity index (χ1) is 7.11. The van der Waals surface area contributed by atoms with Gasteiger partial charge in [0, 0.05) is 18.7 Å². The van der Waals surface area contributed by atoms with Crippen LogP contribution in [0, 0.1) is 5.92 Å². The minimum atomic E-state index is -0.111. The van der Waals surface area contributed by atoms with Crippen molar-refractivity contribution in [2.45, 2.75) is 33.2 Å². The van der Waals surface area contributed by atoms with Crippen LogP contribution in [0.3, 0.4) is 0 Å². The van der Waals surface area contributed by atoms with Gasteiger partial charge in [0.25, 0.3) is 0 Å². The Morgan fingerprint density at radius 1 is 1.40 bits per heavy atom. The summed E-state index contributed by atoms with van der Waals surface area (Å²) < 4.78 is 0. The molecule has 2 N–H and O–H groups in total. The summed E-state index contributed by atoms with van der Waals surface area (Å²) in [7, 11) is 0. The lowest BCUT2D eigenvalue weighted by Gasteiger charge is -2.20. The van der Waals surface area contributed by atoms with Crippen molar-refractivity contribution in [3.05, 3.63) is 24.3 Å². The van der Waals surface area contributed by atoms with Gasteiger partial charge in [-0.25, -0.2) is 0 Å². The number of carbonyl (C=O) groups is 1. The second kappa shape index (κ2) is 8.24. The van der Waals surface area contributed by atoms with Crippen molar-refractivity contribution in [1.29, 1.82) is 0 Å². The van der Waals surface area contributed by atoms with Crippen LogP contribution in [0.1, 0.15) is 27.2 Å². The second-order valence-electron chi connectivity index (χ2n) is 3.76. The van der Waals surface area contributed by atoms with E-state index in [9.17, 15) is 4.79 Å². The van der Waals surface area contributed by atoms with E-state index in [-0.39, 0.29) is 18.6 Å². The highest BCUT2D eigenvalue weighted by molar-refractivity contribution is 5.87. The highest BCUT2D eigenvalue weighted by Gasteiger charge is 2.13. The predicted molar refractivity (Wildman–Crippen MR) is 62.4 cm³/mol. The van der Waals surface area contributed by atoms with Gasteiger partial charge in [-0.1, -0.05) is 32.1 Å². The van der Waals surface area contributed by atoms with Gasteiger partial charge in [-0.05, 0) is 19.3 Å². The molecule has 0 aromatic heterocycles. The highest BCUT2D eigenvalue weighted by atomic mass is 16.3. The molecule has 0 saturated carbocycles. The van der Waals surface area contributed by atoms with Gasteiger partial charge in [0.15, 0.2) is 0 Å². The van der Waals surface area contributed by atoms with Crippen molar-refractivity contribution in [3.8, 4) is 0 Å². The molecule has 0 aliphatic heterocycles. The van der Waals surface area contributed by atoms with Crippen molar-refractivity contribution >= 4 is 5.91 Å². The third-order valence-corrected chi connectivity index (χ3v) is 2.12. The fourth-order valence-corrected chi connectivity index (χ4v) is 1.20. The van der Waals surface area contributed by atoms with Gasteiger partial charge >= 0.3 is 0 Å². The molecule has 3 nitrogen and oxygen atoms in total. The SMILES string of the molecule is CC=CC=CC(=O)NC(CCO)C(C)C. The summed E-state index contributed by atoms with van der Waals surface area (Å²) in [6.07, 6.45) is 7.45. The molecule has 15 heavy (non-hydrogen) atoms. The molecule has 0 saturated heterocycles. The number of nitrogens with one attached hydrogen (secondary N) is 1. The average molecular weight is 211 g/mol. The maximum Gasteiger partial charge on any atom is 0.244 e. The molecule has 3 heteroatoms. The molecule has 0 bridgehead atoms. The van der Waals surface area contributed by atoms with Crippen LogP contribution in [-0.2, 0) is 4.79 Å². The molecule has 0 aromatic carbocycles. The Kier molecular flexibility index (Phi) is 7.64. The van der Waals surface area contributed by atoms with Crippen LogP contribution in [0.4, 0.5) is 0 Å². The maximum atomic E-state index is 11.4. The van der Waals surface area contributed by atoms with Crippen LogP contribution < -0.4 is 5.32 Å². The molecule has 0 aliphatic carbocycles. The minimum Gasteiger partial charge on any atom is -0.396 e. The van der Waals surface area contributed by atoms with Crippen LogP contribution >= 0.6 is 0 Å². The molecule has 0 rings (SSSR count).